The summed E-state index contributed by atoms with van der Waals surface area (Å²) in [4.78, 5) is 3.39. The van der Waals surface area contributed by atoms with Gasteiger partial charge in [-0.25, -0.2) is 4.98 Å². The summed E-state index contributed by atoms with van der Waals surface area (Å²) in [6.07, 6.45) is 6.73. The molecule has 1 aromatic heterocycles. The van der Waals surface area contributed by atoms with Crippen molar-refractivity contribution < 1.29 is 9.13 Å². The summed E-state index contributed by atoms with van der Waals surface area (Å²) < 4.78 is 17.6. The fraction of sp³-hybridized carbons (Fsp3) is 0.222. The highest BCUT2D eigenvalue weighted by atomic mass is 35.5. The van der Waals surface area contributed by atoms with Gasteiger partial charge in [-0.05, 0) is 0 Å². The van der Waals surface area contributed by atoms with E-state index in [0.29, 0.717) is 18.8 Å². The van der Waals surface area contributed by atoms with Crippen molar-refractivity contribution in [2.24, 2.45) is 0 Å². The number of ether oxygens (including phenoxy) is 1. The van der Waals surface area contributed by atoms with Crippen molar-refractivity contribution in [3.05, 3.63) is 23.2 Å². The molecule has 0 saturated heterocycles. The van der Waals surface area contributed by atoms with Crippen LogP contribution in [0.3, 0.4) is 0 Å². The first-order chi connectivity index (χ1) is 6.24. The van der Waals surface area contributed by atoms with Crippen LogP contribution in [0.2, 0.25) is 5.02 Å². The van der Waals surface area contributed by atoms with E-state index in [1.54, 1.807) is 0 Å². The zero-order valence-electron chi connectivity index (χ0n) is 6.76. The molecule has 0 aliphatic heterocycles. The molecule has 0 aromatic carbocycles. The summed E-state index contributed by atoms with van der Waals surface area (Å²) in [7, 11) is 0. The first-order valence-corrected chi connectivity index (χ1v) is 3.99. The highest BCUT2D eigenvalue weighted by Crippen LogP contribution is 2.23. The highest BCUT2D eigenvalue weighted by Gasteiger charge is 2.02. The Kier molecular flexibility index (Phi) is 3.53. The fourth-order valence-electron chi connectivity index (χ4n) is 0.721. The van der Waals surface area contributed by atoms with Crippen LogP contribution in [0.25, 0.3) is 0 Å². The van der Waals surface area contributed by atoms with Crippen molar-refractivity contribution in [2.45, 2.75) is 6.42 Å². The molecule has 1 heterocycles. The third-order valence-corrected chi connectivity index (χ3v) is 1.59. The van der Waals surface area contributed by atoms with Gasteiger partial charge in [0.25, 0.3) is 0 Å². The maximum Gasteiger partial charge on any atom is 0.214 e. The first-order valence-electron chi connectivity index (χ1n) is 3.61. The van der Waals surface area contributed by atoms with Gasteiger partial charge in [-0.3, -0.25) is 0 Å². The Hall–Kier alpha value is -1.27. The average Bonchev–Trinajstić information content (AvgIpc) is 2.09. The monoisotopic (exact) mass is 199 g/mol. The minimum absolute atomic E-state index is 0.199. The smallest absolute Gasteiger partial charge is 0.214 e. The standard InChI is InChI=1S/C9H7ClFNO/c1-2-3-4-13-8-6-12-9(11)5-7(8)10/h1,5-6H,3-4H2. The number of pyridine rings is 1. The summed E-state index contributed by atoms with van der Waals surface area (Å²) in [6.45, 7) is 0.351. The summed E-state index contributed by atoms with van der Waals surface area (Å²) in [5.74, 6) is 2.12. The second-order valence-corrected chi connectivity index (χ2v) is 2.65. The van der Waals surface area contributed by atoms with E-state index in [1.807, 2.05) is 0 Å². The molecule has 68 valence electrons. The topological polar surface area (TPSA) is 22.1 Å². The van der Waals surface area contributed by atoms with Crippen LogP contribution in [0.4, 0.5) is 4.39 Å². The lowest BCUT2D eigenvalue weighted by Gasteiger charge is -2.04. The number of halogens is 2. The lowest BCUT2D eigenvalue weighted by molar-refractivity contribution is 0.325. The van der Waals surface area contributed by atoms with Gasteiger partial charge in [-0.2, -0.15) is 4.39 Å². The van der Waals surface area contributed by atoms with Crippen LogP contribution in [0.1, 0.15) is 6.42 Å². The zero-order valence-corrected chi connectivity index (χ0v) is 7.51. The van der Waals surface area contributed by atoms with Gasteiger partial charge < -0.3 is 4.74 Å². The third kappa shape index (κ3) is 2.92. The van der Waals surface area contributed by atoms with Crippen molar-refractivity contribution in [1.82, 2.24) is 4.98 Å². The molecule has 13 heavy (non-hydrogen) atoms. The molecule has 4 heteroatoms. The maximum atomic E-state index is 12.5. The Morgan fingerprint density at radius 1 is 1.69 bits per heavy atom. The molecule has 1 rings (SSSR count). The van der Waals surface area contributed by atoms with Gasteiger partial charge in [-0.15, -0.1) is 12.3 Å². The fourth-order valence-corrected chi connectivity index (χ4v) is 0.914. The maximum absolute atomic E-state index is 12.5. The molecule has 2 nitrogen and oxygen atoms in total. The summed E-state index contributed by atoms with van der Waals surface area (Å²) in [5, 5.41) is 0.199. The molecule has 0 N–H and O–H groups in total. The van der Waals surface area contributed by atoms with Gasteiger partial charge in [-0.1, -0.05) is 11.6 Å². The van der Waals surface area contributed by atoms with Gasteiger partial charge in [0.15, 0.2) is 5.75 Å². The summed E-state index contributed by atoms with van der Waals surface area (Å²) in [6, 6.07) is 1.09. The highest BCUT2D eigenvalue weighted by molar-refractivity contribution is 6.31. The number of hydrogen-bond donors (Lipinski definition) is 0. The molecule has 0 spiro atoms. The average molecular weight is 200 g/mol. The van der Waals surface area contributed by atoms with Crippen LogP contribution in [0.5, 0.6) is 5.75 Å². The molecule has 0 bridgehead atoms. The minimum atomic E-state index is -0.630. The molecule has 0 unspecified atom stereocenters. The van der Waals surface area contributed by atoms with Crippen molar-refractivity contribution >= 4 is 11.6 Å². The normalized spacial score (nSPS) is 9.31. The van der Waals surface area contributed by atoms with E-state index in [0.717, 1.165) is 6.07 Å². The van der Waals surface area contributed by atoms with E-state index in [9.17, 15) is 4.39 Å². The second kappa shape index (κ2) is 4.68. The van der Waals surface area contributed by atoms with E-state index in [4.69, 9.17) is 22.8 Å². The molecule has 0 aliphatic carbocycles. The molecule has 1 aromatic rings. The van der Waals surface area contributed by atoms with Crippen LogP contribution >= 0.6 is 11.6 Å². The molecule has 0 radical (unpaired) electrons. The summed E-state index contributed by atoms with van der Waals surface area (Å²) in [5.41, 5.74) is 0. The van der Waals surface area contributed by atoms with E-state index < -0.39 is 5.95 Å². The van der Waals surface area contributed by atoms with Crippen LogP contribution in [-0.4, -0.2) is 11.6 Å². The molecular weight excluding hydrogens is 193 g/mol. The third-order valence-electron chi connectivity index (χ3n) is 1.29. The molecule has 0 aliphatic rings. The first kappa shape index (κ1) is 9.82. The van der Waals surface area contributed by atoms with E-state index in [2.05, 4.69) is 10.9 Å². The number of hydrogen-bond acceptors (Lipinski definition) is 2. The van der Waals surface area contributed by atoms with Gasteiger partial charge >= 0.3 is 0 Å². The second-order valence-electron chi connectivity index (χ2n) is 2.24. The SMILES string of the molecule is C#CCCOc1cnc(F)cc1Cl. The molecule has 0 fully saturated rings. The van der Waals surface area contributed by atoms with Gasteiger partial charge in [0.1, 0.15) is 0 Å². The largest absolute Gasteiger partial charge is 0.489 e. The van der Waals surface area contributed by atoms with E-state index in [1.165, 1.54) is 6.20 Å². The van der Waals surface area contributed by atoms with Gasteiger partial charge in [0.2, 0.25) is 5.95 Å². The zero-order chi connectivity index (χ0) is 9.68. The van der Waals surface area contributed by atoms with Crippen molar-refractivity contribution in [1.29, 1.82) is 0 Å². The van der Waals surface area contributed by atoms with Crippen LogP contribution in [0, 0.1) is 18.3 Å². The summed E-state index contributed by atoms with van der Waals surface area (Å²) >= 11 is 5.65. The van der Waals surface area contributed by atoms with Crippen LogP contribution < -0.4 is 4.74 Å². The van der Waals surface area contributed by atoms with E-state index in [-0.39, 0.29) is 5.02 Å². The molecule has 0 amide bonds. The van der Waals surface area contributed by atoms with Crippen molar-refractivity contribution in [3.8, 4) is 18.1 Å². The number of terminal acetylenes is 1. The Bertz CT molecular complexity index is 335. The molecule has 0 saturated carbocycles. The number of rotatable bonds is 3. The molecule has 0 atom stereocenters. The lowest BCUT2D eigenvalue weighted by Crippen LogP contribution is -1.97. The predicted molar refractivity (Wildman–Crippen MR) is 48.2 cm³/mol. The Labute approximate surface area is 80.7 Å². The Morgan fingerprint density at radius 3 is 3.08 bits per heavy atom. The quantitative estimate of drug-likeness (QED) is 0.423. The Morgan fingerprint density at radius 2 is 2.46 bits per heavy atom. The number of aromatic nitrogens is 1. The lowest BCUT2D eigenvalue weighted by atomic mass is 10.4. The van der Waals surface area contributed by atoms with E-state index >= 15 is 0 Å². The molecular formula is C9H7ClFNO. The van der Waals surface area contributed by atoms with Crippen molar-refractivity contribution in [2.75, 3.05) is 6.61 Å². The van der Waals surface area contributed by atoms with Gasteiger partial charge in [0, 0.05) is 12.5 Å². The predicted octanol–water partition coefficient (Wildman–Crippen LogP) is 2.28. The Balaban J connectivity index is 2.62. The number of nitrogens with zero attached hydrogens (tertiary/aromatic N) is 1. The van der Waals surface area contributed by atoms with Crippen LogP contribution in [-0.2, 0) is 0 Å². The van der Waals surface area contributed by atoms with Crippen LogP contribution in [0.15, 0.2) is 12.3 Å². The minimum Gasteiger partial charge on any atom is -0.489 e. The van der Waals surface area contributed by atoms with Crippen molar-refractivity contribution in [3.63, 3.8) is 0 Å². The van der Waals surface area contributed by atoms with Gasteiger partial charge in [0.05, 0.1) is 17.8 Å².